The van der Waals surface area contributed by atoms with E-state index in [-0.39, 0.29) is 11.8 Å². The van der Waals surface area contributed by atoms with Crippen LogP contribution in [0.15, 0.2) is 59.4 Å². The second-order valence-electron chi connectivity index (χ2n) is 6.42. The van der Waals surface area contributed by atoms with Gasteiger partial charge in [-0.25, -0.2) is 9.37 Å². The van der Waals surface area contributed by atoms with E-state index in [1.807, 2.05) is 18.2 Å². The Balaban J connectivity index is 1.39. The van der Waals surface area contributed by atoms with Crippen molar-refractivity contribution in [2.45, 2.75) is 18.5 Å². The van der Waals surface area contributed by atoms with Gasteiger partial charge in [0.25, 0.3) is 5.91 Å². The Morgan fingerprint density at radius 2 is 2.15 bits per heavy atom. The van der Waals surface area contributed by atoms with E-state index in [9.17, 15) is 9.18 Å². The SMILES string of the molecule is O=C(Nc1cccc(-c2noc([C@H]3C[C@@H]3F)n2)c1)c1cnc2ccccn12. The molecule has 1 fully saturated rings. The summed E-state index contributed by atoms with van der Waals surface area (Å²) in [4.78, 5) is 21.1. The number of benzene rings is 1. The number of anilines is 1. The van der Waals surface area contributed by atoms with E-state index < -0.39 is 6.17 Å². The number of rotatable bonds is 4. The number of hydrogen-bond donors (Lipinski definition) is 1. The Bertz CT molecular complexity index is 1150. The largest absolute Gasteiger partial charge is 0.339 e. The summed E-state index contributed by atoms with van der Waals surface area (Å²) in [5.41, 5.74) is 2.39. The number of alkyl halides is 1. The van der Waals surface area contributed by atoms with Crippen molar-refractivity contribution in [1.29, 1.82) is 0 Å². The monoisotopic (exact) mass is 363 g/mol. The molecule has 3 aromatic heterocycles. The number of carbonyl (C=O) groups is 1. The van der Waals surface area contributed by atoms with Crippen LogP contribution in [0.25, 0.3) is 17.0 Å². The average Bonchev–Trinajstić information content (AvgIpc) is 3.11. The highest BCUT2D eigenvalue weighted by Gasteiger charge is 2.43. The lowest BCUT2D eigenvalue weighted by Gasteiger charge is -2.06. The van der Waals surface area contributed by atoms with E-state index in [0.29, 0.717) is 40.7 Å². The molecule has 5 rings (SSSR count). The fourth-order valence-electron chi connectivity index (χ4n) is 2.95. The van der Waals surface area contributed by atoms with Gasteiger partial charge in [-0.1, -0.05) is 23.4 Å². The van der Waals surface area contributed by atoms with E-state index in [4.69, 9.17) is 4.52 Å². The summed E-state index contributed by atoms with van der Waals surface area (Å²) < 4.78 is 20.0. The molecule has 0 spiro atoms. The number of amides is 1. The highest BCUT2D eigenvalue weighted by molar-refractivity contribution is 6.03. The molecule has 1 aliphatic carbocycles. The van der Waals surface area contributed by atoms with Crippen molar-refractivity contribution < 1.29 is 13.7 Å². The van der Waals surface area contributed by atoms with Crippen molar-refractivity contribution >= 4 is 17.2 Å². The topological polar surface area (TPSA) is 85.3 Å². The molecule has 0 aliphatic heterocycles. The minimum Gasteiger partial charge on any atom is -0.339 e. The van der Waals surface area contributed by atoms with E-state index in [1.54, 1.807) is 34.9 Å². The summed E-state index contributed by atoms with van der Waals surface area (Å²) in [5, 5.41) is 6.76. The van der Waals surface area contributed by atoms with E-state index in [0.717, 1.165) is 0 Å². The van der Waals surface area contributed by atoms with Gasteiger partial charge in [-0.2, -0.15) is 4.98 Å². The number of nitrogens with one attached hydrogen (secondary N) is 1. The summed E-state index contributed by atoms with van der Waals surface area (Å²) in [6.07, 6.45) is 2.85. The van der Waals surface area contributed by atoms with Crippen molar-refractivity contribution in [2.75, 3.05) is 5.32 Å². The molecule has 1 N–H and O–H groups in total. The van der Waals surface area contributed by atoms with Crippen LogP contribution in [0.2, 0.25) is 0 Å². The number of aromatic nitrogens is 4. The van der Waals surface area contributed by atoms with Crippen LogP contribution < -0.4 is 5.32 Å². The molecule has 2 atom stereocenters. The summed E-state index contributed by atoms with van der Waals surface area (Å²) in [7, 11) is 0. The molecule has 8 heteroatoms. The molecule has 3 heterocycles. The van der Waals surface area contributed by atoms with Gasteiger partial charge >= 0.3 is 0 Å². The van der Waals surface area contributed by atoms with Gasteiger partial charge < -0.3 is 9.84 Å². The third kappa shape index (κ3) is 2.84. The Hall–Kier alpha value is -3.55. The second-order valence-corrected chi connectivity index (χ2v) is 6.42. The first-order chi connectivity index (χ1) is 13.2. The van der Waals surface area contributed by atoms with Crippen LogP contribution in [-0.2, 0) is 0 Å². The quantitative estimate of drug-likeness (QED) is 0.600. The van der Waals surface area contributed by atoms with Crippen LogP contribution in [0.3, 0.4) is 0 Å². The van der Waals surface area contributed by atoms with Gasteiger partial charge in [0.05, 0.1) is 12.1 Å². The van der Waals surface area contributed by atoms with Crippen molar-refractivity contribution in [3.05, 3.63) is 66.4 Å². The molecule has 7 nitrogen and oxygen atoms in total. The molecule has 0 radical (unpaired) electrons. The van der Waals surface area contributed by atoms with E-state index in [2.05, 4.69) is 20.4 Å². The smallest absolute Gasteiger partial charge is 0.274 e. The van der Waals surface area contributed by atoms with Gasteiger partial charge in [0.2, 0.25) is 11.7 Å². The number of pyridine rings is 1. The summed E-state index contributed by atoms with van der Waals surface area (Å²) in [6.45, 7) is 0. The highest BCUT2D eigenvalue weighted by atomic mass is 19.1. The number of carbonyl (C=O) groups excluding carboxylic acids is 1. The van der Waals surface area contributed by atoms with Crippen LogP contribution in [0.1, 0.15) is 28.7 Å². The third-order valence-electron chi connectivity index (χ3n) is 4.50. The van der Waals surface area contributed by atoms with Crippen LogP contribution in [0.5, 0.6) is 0 Å². The average molecular weight is 363 g/mol. The number of fused-ring (bicyclic) bond motifs is 1. The highest BCUT2D eigenvalue weighted by Crippen LogP contribution is 2.43. The van der Waals surface area contributed by atoms with Crippen LogP contribution in [0, 0.1) is 0 Å². The number of halogens is 1. The summed E-state index contributed by atoms with van der Waals surface area (Å²) in [6, 6.07) is 12.6. The van der Waals surface area contributed by atoms with E-state index >= 15 is 0 Å². The Morgan fingerprint density at radius 3 is 3.00 bits per heavy atom. The number of nitrogens with zero attached hydrogens (tertiary/aromatic N) is 4. The Labute approximate surface area is 152 Å². The molecular weight excluding hydrogens is 349 g/mol. The Morgan fingerprint density at radius 1 is 1.26 bits per heavy atom. The summed E-state index contributed by atoms with van der Waals surface area (Å²) in [5.74, 6) is 0.120. The molecular formula is C19H14FN5O2. The normalized spacial score (nSPS) is 18.6. The molecule has 0 bridgehead atoms. The molecule has 1 aliphatic rings. The number of hydrogen-bond acceptors (Lipinski definition) is 5. The standard InChI is InChI=1S/C19H14FN5O2/c20-14-9-13(14)19-23-17(24-27-19)11-4-3-5-12(8-11)22-18(26)15-10-21-16-6-1-2-7-25(15)16/h1-8,10,13-14H,9H2,(H,22,26)/t13-,14-/m0/s1. The van der Waals surface area contributed by atoms with Crippen LogP contribution in [-0.4, -0.2) is 31.6 Å². The predicted molar refractivity (Wildman–Crippen MR) is 95.1 cm³/mol. The van der Waals surface area contributed by atoms with Gasteiger partial charge in [0, 0.05) is 17.4 Å². The maximum atomic E-state index is 13.1. The Kier molecular flexibility index (Phi) is 3.49. The lowest BCUT2D eigenvalue weighted by atomic mass is 10.2. The molecule has 4 aromatic rings. The minimum absolute atomic E-state index is 0.280. The van der Waals surface area contributed by atoms with Crippen molar-refractivity contribution in [3.8, 4) is 11.4 Å². The minimum atomic E-state index is -0.894. The first kappa shape index (κ1) is 15.7. The lowest BCUT2D eigenvalue weighted by molar-refractivity contribution is 0.102. The zero-order valence-corrected chi connectivity index (χ0v) is 14.0. The zero-order valence-electron chi connectivity index (χ0n) is 14.0. The van der Waals surface area contributed by atoms with E-state index in [1.165, 1.54) is 6.20 Å². The van der Waals surface area contributed by atoms with Crippen LogP contribution in [0.4, 0.5) is 10.1 Å². The first-order valence-electron chi connectivity index (χ1n) is 8.50. The second kappa shape index (κ2) is 6.01. The first-order valence-corrected chi connectivity index (χ1v) is 8.50. The van der Waals surface area contributed by atoms with Gasteiger partial charge in [0.15, 0.2) is 0 Å². The van der Waals surface area contributed by atoms with Gasteiger partial charge in [-0.15, -0.1) is 0 Å². The predicted octanol–water partition coefficient (Wildman–Crippen LogP) is 3.46. The molecule has 27 heavy (non-hydrogen) atoms. The molecule has 0 saturated heterocycles. The maximum absolute atomic E-state index is 13.1. The van der Waals surface area contributed by atoms with Gasteiger partial charge in [-0.05, 0) is 30.7 Å². The number of imidazole rings is 1. The molecule has 1 aromatic carbocycles. The zero-order chi connectivity index (χ0) is 18.4. The van der Waals surface area contributed by atoms with Crippen molar-refractivity contribution in [1.82, 2.24) is 19.5 Å². The fourth-order valence-corrected chi connectivity index (χ4v) is 2.95. The maximum Gasteiger partial charge on any atom is 0.274 e. The molecule has 1 amide bonds. The third-order valence-corrected chi connectivity index (χ3v) is 4.50. The van der Waals surface area contributed by atoms with Gasteiger partial charge in [0.1, 0.15) is 17.5 Å². The van der Waals surface area contributed by atoms with Crippen LogP contribution >= 0.6 is 0 Å². The molecule has 134 valence electrons. The van der Waals surface area contributed by atoms with Crippen molar-refractivity contribution in [2.24, 2.45) is 0 Å². The molecule has 1 saturated carbocycles. The summed E-state index contributed by atoms with van der Waals surface area (Å²) >= 11 is 0. The van der Waals surface area contributed by atoms with Crippen molar-refractivity contribution in [3.63, 3.8) is 0 Å². The lowest BCUT2D eigenvalue weighted by Crippen LogP contribution is -2.14. The van der Waals surface area contributed by atoms with Gasteiger partial charge in [-0.3, -0.25) is 9.20 Å². The molecule has 0 unspecified atom stereocenters. The fraction of sp³-hybridized carbons (Fsp3) is 0.158.